The molecule has 0 amide bonds. The van der Waals surface area contributed by atoms with Gasteiger partial charge in [-0.2, -0.15) is 0 Å². The fourth-order valence-corrected chi connectivity index (χ4v) is 2.60. The van der Waals surface area contributed by atoms with Gasteiger partial charge in [0, 0.05) is 6.07 Å². The highest BCUT2D eigenvalue weighted by molar-refractivity contribution is 5.37. The third kappa shape index (κ3) is 5.34. The molecule has 21 heavy (non-hydrogen) atoms. The lowest BCUT2D eigenvalue weighted by Crippen LogP contribution is -2.33. The second kappa shape index (κ2) is 7.98. The normalized spacial score (nSPS) is 16.8. The van der Waals surface area contributed by atoms with Crippen LogP contribution in [-0.2, 0) is 0 Å². The highest BCUT2D eigenvalue weighted by Crippen LogP contribution is 2.19. The molecule has 0 aromatic heterocycles. The molecule has 1 aliphatic heterocycles. The van der Waals surface area contributed by atoms with Crippen LogP contribution in [0.5, 0.6) is 5.75 Å². The Morgan fingerprint density at radius 2 is 2.10 bits per heavy atom. The number of benzene rings is 1. The number of ether oxygens (including phenoxy) is 1. The molecule has 0 saturated carbocycles. The van der Waals surface area contributed by atoms with E-state index in [1.807, 2.05) is 0 Å². The number of rotatable bonds is 7. The Hall–Kier alpha value is -1.62. The summed E-state index contributed by atoms with van der Waals surface area (Å²) in [7, 11) is 0. The smallest absolute Gasteiger partial charge is 0.273 e. The van der Waals surface area contributed by atoms with E-state index in [0.717, 1.165) is 25.3 Å². The van der Waals surface area contributed by atoms with Gasteiger partial charge in [0.25, 0.3) is 5.69 Å². The average Bonchev–Trinajstić information content (AvgIpc) is 2.49. The van der Waals surface area contributed by atoms with Gasteiger partial charge < -0.3 is 9.64 Å². The monoisotopic (exact) mass is 292 g/mol. The van der Waals surface area contributed by atoms with E-state index >= 15 is 0 Å². The number of nitro benzene ring substituents is 1. The molecule has 1 fully saturated rings. The molecular formula is C16H24N2O3. The molecule has 0 N–H and O–H groups in total. The Kier molecular flexibility index (Phi) is 5.99. The van der Waals surface area contributed by atoms with Crippen molar-refractivity contribution in [1.82, 2.24) is 4.90 Å². The molecule has 1 aliphatic rings. The topological polar surface area (TPSA) is 55.6 Å². The van der Waals surface area contributed by atoms with Crippen molar-refractivity contribution < 1.29 is 9.66 Å². The van der Waals surface area contributed by atoms with Gasteiger partial charge in [-0.25, -0.2) is 0 Å². The van der Waals surface area contributed by atoms with Crippen LogP contribution in [0.2, 0.25) is 0 Å². The Morgan fingerprint density at radius 3 is 2.81 bits per heavy atom. The highest BCUT2D eigenvalue weighted by Gasteiger charge is 2.14. The maximum absolute atomic E-state index is 10.7. The van der Waals surface area contributed by atoms with Crippen molar-refractivity contribution in [3.63, 3.8) is 0 Å². The highest BCUT2D eigenvalue weighted by atomic mass is 16.6. The summed E-state index contributed by atoms with van der Waals surface area (Å²) in [6.45, 7) is 6.50. The van der Waals surface area contributed by atoms with Crippen LogP contribution < -0.4 is 4.74 Å². The molecule has 2 rings (SSSR count). The number of non-ortho nitro benzene ring substituents is 1. The number of nitrogens with zero attached hydrogens (tertiary/aromatic N) is 2. The van der Waals surface area contributed by atoms with Gasteiger partial charge in [0.15, 0.2) is 0 Å². The van der Waals surface area contributed by atoms with Gasteiger partial charge in [-0.15, -0.1) is 0 Å². The zero-order valence-electron chi connectivity index (χ0n) is 12.7. The van der Waals surface area contributed by atoms with Crippen molar-refractivity contribution in [2.24, 2.45) is 5.92 Å². The van der Waals surface area contributed by atoms with Gasteiger partial charge in [0.05, 0.1) is 17.6 Å². The summed E-state index contributed by atoms with van der Waals surface area (Å²) in [6.07, 6.45) is 4.71. The number of likely N-dealkylation sites (tertiary alicyclic amines) is 1. The fraction of sp³-hybridized carbons (Fsp3) is 0.625. The number of nitro groups is 1. The number of unbranched alkanes of at least 4 members (excludes halogenated alkanes) is 1. The maximum atomic E-state index is 10.7. The van der Waals surface area contributed by atoms with E-state index in [1.165, 1.54) is 38.1 Å². The maximum Gasteiger partial charge on any atom is 0.273 e. The van der Waals surface area contributed by atoms with E-state index in [2.05, 4.69) is 11.8 Å². The lowest BCUT2D eigenvalue weighted by atomic mass is 9.99. The van der Waals surface area contributed by atoms with Gasteiger partial charge in [-0.05, 0) is 57.3 Å². The largest absolute Gasteiger partial charge is 0.493 e. The van der Waals surface area contributed by atoms with Crippen molar-refractivity contribution in [3.8, 4) is 5.75 Å². The molecule has 0 aliphatic carbocycles. The van der Waals surface area contributed by atoms with Gasteiger partial charge in [0.2, 0.25) is 0 Å². The lowest BCUT2D eigenvalue weighted by molar-refractivity contribution is -0.384. The van der Waals surface area contributed by atoms with Gasteiger partial charge in [-0.3, -0.25) is 10.1 Å². The summed E-state index contributed by atoms with van der Waals surface area (Å²) < 4.78 is 5.58. The van der Waals surface area contributed by atoms with E-state index in [9.17, 15) is 10.1 Å². The predicted octanol–water partition coefficient (Wildman–Crippen LogP) is 3.49. The van der Waals surface area contributed by atoms with Crippen LogP contribution in [0.3, 0.4) is 0 Å². The zero-order chi connectivity index (χ0) is 15.1. The number of hydrogen-bond donors (Lipinski definition) is 0. The van der Waals surface area contributed by atoms with Crippen LogP contribution in [0.1, 0.15) is 32.6 Å². The first kappa shape index (κ1) is 15.8. The molecule has 0 unspecified atom stereocenters. The van der Waals surface area contributed by atoms with Gasteiger partial charge in [-0.1, -0.05) is 13.0 Å². The van der Waals surface area contributed by atoms with Crippen molar-refractivity contribution in [1.29, 1.82) is 0 Å². The minimum atomic E-state index is -0.399. The Bertz CT molecular complexity index is 457. The summed E-state index contributed by atoms with van der Waals surface area (Å²) in [4.78, 5) is 12.8. The first-order valence-corrected chi connectivity index (χ1v) is 7.75. The summed E-state index contributed by atoms with van der Waals surface area (Å²) >= 11 is 0. The van der Waals surface area contributed by atoms with Gasteiger partial charge >= 0.3 is 0 Å². The number of piperidine rings is 1. The molecule has 1 aromatic carbocycles. The van der Waals surface area contributed by atoms with Crippen molar-refractivity contribution in [2.45, 2.75) is 32.6 Å². The summed E-state index contributed by atoms with van der Waals surface area (Å²) in [6, 6.07) is 6.37. The minimum absolute atomic E-state index is 0.0786. The Labute approximate surface area is 126 Å². The summed E-state index contributed by atoms with van der Waals surface area (Å²) in [5, 5.41) is 10.7. The third-order valence-electron chi connectivity index (χ3n) is 4.04. The number of hydrogen-bond acceptors (Lipinski definition) is 4. The molecule has 0 bridgehead atoms. The molecule has 1 heterocycles. The van der Waals surface area contributed by atoms with Crippen molar-refractivity contribution in [2.75, 3.05) is 26.2 Å². The lowest BCUT2D eigenvalue weighted by Gasteiger charge is -2.30. The second-order valence-electron chi connectivity index (χ2n) is 5.83. The molecular weight excluding hydrogens is 268 g/mol. The van der Waals surface area contributed by atoms with Crippen molar-refractivity contribution in [3.05, 3.63) is 34.4 Å². The van der Waals surface area contributed by atoms with E-state index in [0.29, 0.717) is 12.4 Å². The first-order chi connectivity index (χ1) is 10.1. The van der Waals surface area contributed by atoms with E-state index in [4.69, 9.17) is 4.74 Å². The molecule has 5 nitrogen and oxygen atoms in total. The van der Waals surface area contributed by atoms with Crippen LogP contribution >= 0.6 is 0 Å². The quantitative estimate of drug-likeness (QED) is 0.438. The zero-order valence-corrected chi connectivity index (χ0v) is 12.7. The molecule has 1 aromatic rings. The standard InChI is InChI=1S/C16H24N2O3/c1-14-7-10-17(11-8-14)9-2-3-12-21-16-6-4-5-15(13-16)18(19)20/h4-6,13-14H,2-3,7-12H2,1H3. The molecule has 0 atom stereocenters. The Balaban J connectivity index is 1.61. The minimum Gasteiger partial charge on any atom is -0.493 e. The SMILES string of the molecule is CC1CCN(CCCCOc2cccc([N+](=O)[O-])c2)CC1. The second-order valence-corrected chi connectivity index (χ2v) is 5.83. The van der Waals surface area contributed by atoms with Crippen LogP contribution in [0.15, 0.2) is 24.3 Å². The Morgan fingerprint density at radius 1 is 1.33 bits per heavy atom. The average molecular weight is 292 g/mol. The first-order valence-electron chi connectivity index (χ1n) is 7.75. The molecule has 0 radical (unpaired) electrons. The van der Waals surface area contributed by atoms with Crippen LogP contribution in [0, 0.1) is 16.0 Å². The molecule has 116 valence electrons. The molecule has 1 saturated heterocycles. The van der Waals surface area contributed by atoms with Gasteiger partial charge in [0.1, 0.15) is 5.75 Å². The third-order valence-corrected chi connectivity index (χ3v) is 4.04. The van der Waals surface area contributed by atoms with Crippen molar-refractivity contribution >= 4 is 5.69 Å². The fourth-order valence-electron chi connectivity index (χ4n) is 2.60. The van der Waals surface area contributed by atoms with E-state index < -0.39 is 4.92 Å². The van der Waals surface area contributed by atoms with Crippen LogP contribution in [0.25, 0.3) is 0 Å². The van der Waals surface area contributed by atoms with Crippen LogP contribution in [0.4, 0.5) is 5.69 Å². The summed E-state index contributed by atoms with van der Waals surface area (Å²) in [5.74, 6) is 1.45. The summed E-state index contributed by atoms with van der Waals surface area (Å²) in [5.41, 5.74) is 0.0786. The van der Waals surface area contributed by atoms with E-state index in [-0.39, 0.29) is 5.69 Å². The predicted molar refractivity (Wildman–Crippen MR) is 82.7 cm³/mol. The molecule has 0 spiro atoms. The van der Waals surface area contributed by atoms with E-state index in [1.54, 1.807) is 12.1 Å². The molecule has 5 heteroatoms. The van der Waals surface area contributed by atoms with Crippen LogP contribution in [-0.4, -0.2) is 36.1 Å².